The van der Waals surface area contributed by atoms with Crippen molar-refractivity contribution in [2.75, 3.05) is 6.61 Å². The van der Waals surface area contributed by atoms with Gasteiger partial charge in [-0.2, -0.15) is 0 Å². The monoisotopic (exact) mass is 612 g/mol. The van der Waals surface area contributed by atoms with Crippen LogP contribution in [0.15, 0.2) is 24.3 Å². The maximum Gasteiger partial charge on any atom is 0.336 e. The lowest BCUT2D eigenvalue weighted by molar-refractivity contribution is -0.138. The molecule has 20 heavy (non-hydrogen) atoms. The largest absolute Gasteiger partial charge is 0.463 e. The Morgan fingerprint density at radius 1 is 1.10 bits per heavy atom. The molecule has 1 rings (SSSR count). The zero-order valence-electron chi connectivity index (χ0n) is 10.5. The van der Waals surface area contributed by atoms with Gasteiger partial charge in [-0.1, -0.05) is 6.92 Å². The van der Waals surface area contributed by atoms with Crippen LogP contribution in [0.5, 0.6) is 5.75 Å². The molecule has 108 valence electrons. The van der Waals surface area contributed by atoms with E-state index in [9.17, 15) is 9.59 Å². The van der Waals surface area contributed by atoms with Crippen LogP contribution in [0.1, 0.15) is 13.3 Å². The lowest BCUT2D eigenvalue weighted by Crippen LogP contribution is -2.08. The molecule has 4 nitrogen and oxygen atoms in total. The lowest BCUT2D eigenvalue weighted by Gasteiger charge is -2.07. The molecule has 1 aromatic carbocycles. The van der Waals surface area contributed by atoms with E-state index >= 15 is 0 Å². The fraction of sp³-hybridized carbons (Fsp3) is 0.231. The van der Waals surface area contributed by atoms with Crippen molar-refractivity contribution in [1.29, 1.82) is 0 Å². The Hall–Kier alpha value is 0.0900. The number of carbonyl (C=O) groups is 2. The van der Waals surface area contributed by atoms with Crippen molar-refractivity contribution >= 4 is 79.7 Å². The summed E-state index contributed by atoms with van der Waals surface area (Å²) in [6.45, 7) is 2.23. The van der Waals surface area contributed by atoms with Crippen LogP contribution in [0.4, 0.5) is 0 Å². The molecule has 0 aliphatic carbocycles. The summed E-state index contributed by atoms with van der Waals surface area (Å²) in [6, 6.07) is 3.82. The summed E-state index contributed by atoms with van der Waals surface area (Å²) in [7, 11) is 0. The molecule has 0 N–H and O–H groups in total. The molecule has 0 bridgehead atoms. The second-order valence-corrected chi connectivity index (χ2v) is 7.19. The van der Waals surface area contributed by atoms with Crippen LogP contribution < -0.4 is 4.74 Å². The molecular formula is C13H11I3O4. The quantitative estimate of drug-likeness (QED) is 0.219. The van der Waals surface area contributed by atoms with Gasteiger partial charge in [-0.25, -0.2) is 9.59 Å². The summed E-state index contributed by atoms with van der Waals surface area (Å²) in [5.41, 5.74) is 0. The fourth-order valence-corrected chi connectivity index (χ4v) is 4.95. The molecule has 0 amide bonds. The van der Waals surface area contributed by atoms with Crippen LogP contribution in [-0.2, 0) is 14.3 Å². The fourth-order valence-electron chi connectivity index (χ4n) is 1.15. The van der Waals surface area contributed by atoms with Crippen molar-refractivity contribution in [2.24, 2.45) is 0 Å². The number of benzene rings is 1. The van der Waals surface area contributed by atoms with Gasteiger partial charge in [-0.05, 0) is 86.3 Å². The summed E-state index contributed by atoms with van der Waals surface area (Å²) in [5.74, 6) is -0.644. The van der Waals surface area contributed by atoms with E-state index in [1.807, 2.05) is 19.1 Å². The third-order valence-corrected chi connectivity index (χ3v) is 4.20. The van der Waals surface area contributed by atoms with E-state index in [1.165, 1.54) is 0 Å². The average molecular weight is 612 g/mol. The van der Waals surface area contributed by atoms with Gasteiger partial charge in [0.05, 0.1) is 13.7 Å². The number of carbonyl (C=O) groups excluding carboxylic acids is 2. The molecule has 7 heteroatoms. The van der Waals surface area contributed by atoms with Crippen molar-refractivity contribution in [1.82, 2.24) is 0 Å². The highest BCUT2D eigenvalue weighted by molar-refractivity contribution is 14.1. The van der Waals surface area contributed by atoms with Gasteiger partial charge in [0.2, 0.25) is 0 Å². The highest BCUT2D eigenvalue weighted by Crippen LogP contribution is 2.29. The highest BCUT2D eigenvalue weighted by Gasteiger charge is 2.11. The van der Waals surface area contributed by atoms with Crippen molar-refractivity contribution in [3.8, 4) is 5.75 Å². The second-order valence-electron chi connectivity index (χ2n) is 3.62. The molecule has 1 aromatic rings. The minimum atomic E-state index is -0.601. The zero-order chi connectivity index (χ0) is 15.1. The van der Waals surface area contributed by atoms with Crippen molar-refractivity contribution in [3.63, 3.8) is 0 Å². The van der Waals surface area contributed by atoms with Crippen LogP contribution in [0.2, 0.25) is 0 Å². The topological polar surface area (TPSA) is 52.6 Å². The van der Waals surface area contributed by atoms with E-state index in [-0.39, 0.29) is 0 Å². The Morgan fingerprint density at radius 2 is 1.65 bits per heavy atom. The minimum absolute atomic E-state index is 0.338. The standard InChI is InChI=1S/C13H11I3O4/c1-2-5-19-11(17)3-4-12(18)20-13-9(15)6-8(14)7-10(13)16/h3-4,6-7H,2,5H2,1H3/b4-3+. The molecule has 0 atom stereocenters. The number of halogens is 3. The summed E-state index contributed by atoms with van der Waals surface area (Å²) >= 11 is 6.40. The molecule has 0 fully saturated rings. The number of hydrogen-bond donors (Lipinski definition) is 0. The van der Waals surface area contributed by atoms with Crippen molar-refractivity contribution < 1.29 is 19.1 Å². The van der Waals surface area contributed by atoms with Gasteiger partial charge in [0.15, 0.2) is 5.75 Å². The van der Waals surface area contributed by atoms with Gasteiger partial charge >= 0.3 is 11.9 Å². The molecule has 0 aromatic heterocycles. The number of ether oxygens (including phenoxy) is 2. The molecular weight excluding hydrogens is 601 g/mol. The molecule has 0 unspecified atom stereocenters. The van der Waals surface area contributed by atoms with Gasteiger partial charge in [0.1, 0.15) is 0 Å². The Balaban J connectivity index is 2.68. The molecule has 0 saturated heterocycles. The van der Waals surface area contributed by atoms with Crippen LogP contribution >= 0.6 is 67.8 Å². The van der Waals surface area contributed by atoms with E-state index < -0.39 is 11.9 Å². The van der Waals surface area contributed by atoms with Crippen LogP contribution in [0, 0.1) is 10.7 Å². The number of hydrogen-bond acceptors (Lipinski definition) is 4. The molecule has 0 aliphatic heterocycles. The summed E-state index contributed by atoms with van der Waals surface area (Å²) in [5, 5.41) is 0. The van der Waals surface area contributed by atoms with E-state index in [4.69, 9.17) is 9.47 Å². The first-order chi connectivity index (χ1) is 9.43. The Bertz CT molecular complexity index is 517. The molecule has 0 heterocycles. The predicted molar refractivity (Wildman–Crippen MR) is 101 cm³/mol. The second kappa shape index (κ2) is 9.18. The van der Waals surface area contributed by atoms with Crippen LogP contribution in [0.3, 0.4) is 0 Å². The van der Waals surface area contributed by atoms with E-state index in [0.717, 1.165) is 29.3 Å². The lowest BCUT2D eigenvalue weighted by atomic mass is 10.3. The number of esters is 2. The first-order valence-electron chi connectivity index (χ1n) is 5.65. The van der Waals surface area contributed by atoms with Gasteiger partial charge < -0.3 is 9.47 Å². The normalized spacial score (nSPS) is 10.6. The zero-order valence-corrected chi connectivity index (χ0v) is 17.0. The summed E-state index contributed by atoms with van der Waals surface area (Å²) < 4.78 is 12.8. The third kappa shape index (κ3) is 6.24. The van der Waals surface area contributed by atoms with Crippen molar-refractivity contribution in [3.05, 3.63) is 35.0 Å². The molecule has 0 spiro atoms. The smallest absolute Gasteiger partial charge is 0.336 e. The van der Waals surface area contributed by atoms with Gasteiger partial charge in [0.25, 0.3) is 0 Å². The SMILES string of the molecule is CCCOC(=O)/C=C/C(=O)Oc1c(I)cc(I)cc1I. The highest BCUT2D eigenvalue weighted by atomic mass is 127. The summed E-state index contributed by atoms with van der Waals surface area (Å²) in [6.07, 6.45) is 2.88. The minimum Gasteiger partial charge on any atom is -0.463 e. The Kier molecular flexibility index (Phi) is 8.32. The van der Waals surface area contributed by atoms with Crippen LogP contribution in [-0.4, -0.2) is 18.5 Å². The number of rotatable bonds is 5. The molecule has 0 saturated carbocycles. The first-order valence-corrected chi connectivity index (χ1v) is 8.88. The maximum absolute atomic E-state index is 11.7. The van der Waals surface area contributed by atoms with Gasteiger partial charge in [-0.3, -0.25) is 0 Å². The predicted octanol–water partition coefficient (Wildman–Crippen LogP) is 3.92. The Morgan fingerprint density at radius 3 is 2.20 bits per heavy atom. The average Bonchev–Trinajstić information content (AvgIpc) is 2.38. The third-order valence-electron chi connectivity index (χ3n) is 1.97. The van der Waals surface area contributed by atoms with Gasteiger partial charge in [-0.15, -0.1) is 0 Å². The molecule has 0 radical (unpaired) electrons. The van der Waals surface area contributed by atoms with E-state index in [2.05, 4.69) is 67.8 Å². The van der Waals surface area contributed by atoms with E-state index in [0.29, 0.717) is 12.4 Å². The van der Waals surface area contributed by atoms with Crippen LogP contribution in [0.25, 0.3) is 0 Å². The van der Waals surface area contributed by atoms with E-state index in [1.54, 1.807) is 0 Å². The molecule has 0 aliphatic rings. The van der Waals surface area contributed by atoms with Gasteiger partial charge in [0, 0.05) is 15.7 Å². The maximum atomic E-state index is 11.7. The Labute approximate surface area is 158 Å². The summed E-state index contributed by atoms with van der Waals surface area (Å²) in [4.78, 5) is 22.9. The van der Waals surface area contributed by atoms with Crippen molar-refractivity contribution in [2.45, 2.75) is 13.3 Å². The first kappa shape index (κ1) is 18.1.